The molecule has 7 nitrogen and oxygen atoms in total. The Hall–Kier alpha value is -3.48. The maximum atomic E-state index is 12.0. The topological polar surface area (TPSA) is 79.2 Å². The molecule has 2 aromatic heterocycles. The molecule has 0 fully saturated rings. The lowest BCUT2D eigenvalue weighted by molar-refractivity contribution is 0.792. The van der Waals surface area contributed by atoms with Crippen LogP contribution >= 0.6 is 0 Å². The lowest BCUT2D eigenvalue weighted by atomic mass is 10.1. The zero-order valence-electron chi connectivity index (χ0n) is 12.5. The number of imidazole rings is 1. The highest BCUT2D eigenvalue weighted by atomic mass is 16.1. The summed E-state index contributed by atoms with van der Waals surface area (Å²) in [4.78, 5) is 22.7. The van der Waals surface area contributed by atoms with Crippen LogP contribution in [0.4, 0.5) is 11.5 Å². The smallest absolute Gasteiger partial charge is 0.272 e. The first kappa shape index (κ1) is 13.0. The van der Waals surface area contributed by atoms with Crippen molar-refractivity contribution in [3.8, 4) is 0 Å². The second-order valence-corrected chi connectivity index (χ2v) is 5.69. The van der Waals surface area contributed by atoms with Crippen LogP contribution in [-0.2, 0) is 6.54 Å². The molecule has 24 heavy (non-hydrogen) atoms. The highest BCUT2D eigenvalue weighted by Gasteiger charge is 2.25. The van der Waals surface area contributed by atoms with Crippen LogP contribution < -0.4 is 10.5 Å². The van der Waals surface area contributed by atoms with Crippen molar-refractivity contribution in [2.24, 2.45) is 4.99 Å². The first-order chi connectivity index (χ1) is 11.8. The van der Waals surface area contributed by atoms with Crippen LogP contribution in [0.2, 0.25) is 0 Å². The Bertz CT molecular complexity index is 1100. The van der Waals surface area contributed by atoms with E-state index < -0.39 is 0 Å². The maximum Gasteiger partial charge on any atom is 0.272 e. The number of nitrogens with one attached hydrogen (secondary N) is 1. The van der Waals surface area contributed by atoms with E-state index in [1.165, 1.54) is 0 Å². The number of rotatable bonds is 2. The van der Waals surface area contributed by atoms with Gasteiger partial charge in [0.05, 0.1) is 22.8 Å². The van der Waals surface area contributed by atoms with Gasteiger partial charge in [-0.05, 0) is 23.8 Å². The van der Waals surface area contributed by atoms with Crippen LogP contribution in [0.25, 0.3) is 10.8 Å². The quantitative estimate of drug-likeness (QED) is 0.785. The summed E-state index contributed by atoms with van der Waals surface area (Å²) in [6.07, 6.45) is 11.4. The molecule has 3 aromatic rings. The van der Waals surface area contributed by atoms with E-state index in [9.17, 15) is 4.79 Å². The van der Waals surface area contributed by atoms with Gasteiger partial charge in [-0.15, -0.1) is 0 Å². The number of benzene rings is 1. The number of H-pyrrole nitrogens is 1. The molecule has 0 atom stereocenters. The molecule has 0 aliphatic carbocycles. The number of aromatic nitrogens is 4. The first-order valence-corrected chi connectivity index (χ1v) is 7.53. The number of hydrogen-bond acceptors (Lipinski definition) is 5. The van der Waals surface area contributed by atoms with Crippen molar-refractivity contribution in [1.82, 2.24) is 19.7 Å². The standard InChI is InChI=1S/C17H12N6O/c24-17-12-2-1-3-13-15(12)16(20-21-17)23-9-11(4-5-14(23)19-13)8-22-7-6-18-10-22/h1-7,9-10H,8H2,(H,21,24). The first-order valence-electron chi connectivity index (χ1n) is 7.53. The molecule has 0 radical (unpaired) electrons. The number of fused-ring (bicyclic) bond motifs is 2. The third-order valence-electron chi connectivity index (χ3n) is 4.15. The Morgan fingerprint density at radius 1 is 1.21 bits per heavy atom. The molecule has 4 heterocycles. The van der Waals surface area contributed by atoms with Crippen molar-refractivity contribution < 1.29 is 0 Å². The summed E-state index contributed by atoms with van der Waals surface area (Å²) >= 11 is 0. The van der Waals surface area contributed by atoms with E-state index in [0.29, 0.717) is 17.7 Å². The molecule has 7 heteroatoms. The predicted octanol–water partition coefficient (Wildman–Crippen LogP) is 2.12. The van der Waals surface area contributed by atoms with Gasteiger partial charge in [-0.3, -0.25) is 9.69 Å². The summed E-state index contributed by atoms with van der Waals surface area (Å²) in [6.45, 7) is 0.703. The van der Waals surface area contributed by atoms with Gasteiger partial charge in [0.1, 0.15) is 5.84 Å². The zero-order chi connectivity index (χ0) is 16.1. The van der Waals surface area contributed by atoms with Crippen LogP contribution in [0.15, 0.2) is 70.6 Å². The summed E-state index contributed by atoms with van der Waals surface area (Å²) in [6, 6.07) is 5.53. The number of amidine groups is 1. The van der Waals surface area contributed by atoms with Gasteiger partial charge in [-0.2, -0.15) is 5.10 Å². The van der Waals surface area contributed by atoms with Gasteiger partial charge in [0.25, 0.3) is 5.56 Å². The highest BCUT2D eigenvalue weighted by molar-refractivity contribution is 6.18. The Labute approximate surface area is 136 Å². The van der Waals surface area contributed by atoms with Crippen LogP contribution in [0, 0.1) is 0 Å². The van der Waals surface area contributed by atoms with Gasteiger partial charge in [0.15, 0.2) is 5.82 Å². The van der Waals surface area contributed by atoms with Crippen molar-refractivity contribution in [2.75, 3.05) is 4.90 Å². The van der Waals surface area contributed by atoms with Crippen LogP contribution in [0.1, 0.15) is 0 Å². The Morgan fingerprint density at radius 3 is 3.04 bits per heavy atom. The summed E-state index contributed by atoms with van der Waals surface area (Å²) in [5, 5.41) is 8.21. The lowest BCUT2D eigenvalue weighted by Gasteiger charge is -2.28. The van der Waals surface area contributed by atoms with Crippen molar-refractivity contribution in [2.45, 2.75) is 6.54 Å². The fraction of sp³-hybridized carbons (Fsp3) is 0.0588. The molecule has 5 rings (SSSR count). The van der Waals surface area contributed by atoms with Crippen LogP contribution in [-0.4, -0.2) is 25.6 Å². The Kier molecular flexibility index (Phi) is 2.58. The van der Waals surface area contributed by atoms with Crippen molar-refractivity contribution in [3.63, 3.8) is 0 Å². The Morgan fingerprint density at radius 2 is 2.17 bits per heavy atom. The minimum Gasteiger partial charge on any atom is -0.333 e. The molecule has 0 saturated heterocycles. The van der Waals surface area contributed by atoms with Crippen molar-refractivity contribution >= 4 is 28.1 Å². The van der Waals surface area contributed by atoms with E-state index >= 15 is 0 Å². The third-order valence-corrected chi connectivity index (χ3v) is 4.15. The third kappa shape index (κ3) is 1.84. The molecular weight excluding hydrogens is 304 g/mol. The molecule has 1 N–H and O–H groups in total. The van der Waals surface area contributed by atoms with E-state index in [1.54, 1.807) is 18.6 Å². The number of nitrogens with zero attached hydrogens (tertiary/aromatic N) is 5. The van der Waals surface area contributed by atoms with Crippen LogP contribution in [0.5, 0.6) is 0 Å². The molecule has 116 valence electrons. The summed E-state index contributed by atoms with van der Waals surface area (Å²) in [7, 11) is 0. The van der Waals surface area contributed by atoms with Gasteiger partial charge in [-0.25, -0.2) is 15.1 Å². The van der Waals surface area contributed by atoms with Gasteiger partial charge < -0.3 is 4.57 Å². The lowest BCUT2D eigenvalue weighted by Crippen LogP contribution is -2.31. The van der Waals surface area contributed by atoms with E-state index in [-0.39, 0.29) is 5.56 Å². The SMILES string of the molecule is O=c1[nH]nc2c3c(cccc13)N=C1C=CC(Cn3ccnc3)=CN12. The summed E-state index contributed by atoms with van der Waals surface area (Å²) in [5.74, 6) is 1.47. The number of hydrogen-bond donors (Lipinski definition) is 1. The van der Waals surface area contributed by atoms with E-state index in [4.69, 9.17) is 0 Å². The maximum absolute atomic E-state index is 12.0. The molecule has 1 aromatic carbocycles. The van der Waals surface area contributed by atoms with Gasteiger partial charge in [-0.1, -0.05) is 12.1 Å². The molecular formula is C17H12N6O. The number of aromatic amines is 1. The molecule has 0 bridgehead atoms. The largest absolute Gasteiger partial charge is 0.333 e. The summed E-state index contributed by atoms with van der Waals surface area (Å²) < 4.78 is 1.99. The molecule has 0 spiro atoms. The fourth-order valence-corrected chi connectivity index (χ4v) is 3.06. The second-order valence-electron chi connectivity index (χ2n) is 5.69. The molecule has 2 aliphatic heterocycles. The van der Waals surface area contributed by atoms with Gasteiger partial charge >= 0.3 is 0 Å². The average Bonchev–Trinajstić information content (AvgIpc) is 3.11. The monoisotopic (exact) mass is 316 g/mol. The van der Waals surface area contributed by atoms with Crippen molar-refractivity contribution in [3.05, 3.63) is 71.2 Å². The average molecular weight is 316 g/mol. The van der Waals surface area contributed by atoms with Crippen LogP contribution in [0.3, 0.4) is 0 Å². The Balaban J connectivity index is 1.67. The zero-order valence-corrected chi connectivity index (χ0v) is 12.5. The van der Waals surface area contributed by atoms with E-state index in [0.717, 1.165) is 22.5 Å². The number of aliphatic imine (C=N–C) groups is 1. The molecule has 0 amide bonds. The van der Waals surface area contributed by atoms with Gasteiger partial charge in [0.2, 0.25) is 0 Å². The fourth-order valence-electron chi connectivity index (χ4n) is 3.06. The number of allylic oxidation sites excluding steroid dienone is 2. The molecule has 2 aliphatic rings. The van der Waals surface area contributed by atoms with Crippen molar-refractivity contribution in [1.29, 1.82) is 0 Å². The minimum absolute atomic E-state index is 0.204. The highest BCUT2D eigenvalue weighted by Crippen LogP contribution is 2.37. The second kappa shape index (κ2) is 4.76. The molecule has 0 unspecified atom stereocenters. The minimum atomic E-state index is -0.204. The number of anilines is 1. The predicted molar refractivity (Wildman–Crippen MR) is 91.4 cm³/mol. The van der Waals surface area contributed by atoms with E-state index in [2.05, 4.69) is 20.2 Å². The normalized spacial score (nSPS) is 15.2. The van der Waals surface area contributed by atoms with Gasteiger partial charge in [0, 0.05) is 25.1 Å². The molecule has 0 saturated carbocycles. The summed E-state index contributed by atoms with van der Waals surface area (Å²) in [5.41, 5.74) is 1.65. The van der Waals surface area contributed by atoms with E-state index in [1.807, 2.05) is 46.1 Å².